The zero-order valence-corrected chi connectivity index (χ0v) is 21.0. The fraction of sp³-hybridized carbons (Fsp3) is 0.536. The molecule has 1 saturated heterocycles. The van der Waals surface area contributed by atoms with Crippen molar-refractivity contribution in [2.24, 2.45) is 18.9 Å². The van der Waals surface area contributed by atoms with E-state index in [1.165, 1.54) is 11.3 Å². The summed E-state index contributed by atoms with van der Waals surface area (Å²) < 4.78 is 7.50. The molecule has 7 nitrogen and oxygen atoms in total. The van der Waals surface area contributed by atoms with Crippen molar-refractivity contribution in [3.63, 3.8) is 0 Å². The number of aromatic nitrogens is 3. The summed E-state index contributed by atoms with van der Waals surface area (Å²) in [6.07, 6.45) is 13.3. The second-order valence-corrected chi connectivity index (χ2v) is 9.89. The lowest BCUT2D eigenvalue weighted by atomic mass is 9.79. The zero-order valence-electron chi connectivity index (χ0n) is 21.0. The molecular weight excluding hydrogens is 440 g/mol. The van der Waals surface area contributed by atoms with E-state index < -0.39 is 5.97 Å². The van der Waals surface area contributed by atoms with Crippen LogP contribution in [0.25, 0.3) is 10.9 Å². The third-order valence-electron chi connectivity index (χ3n) is 7.59. The van der Waals surface area contributed by atoms with Crippen LogP contribution < -0.4 is 4.74 Å². The van der Waals surface area contributed by atoms with Crippen LogP contribution >= 0.6 is 0 Å². The summed E-state index contributed by atoms with van der Waals surface area (Å²) in [5, 5.41) is 10.5. The van der Waals surface area contributed by atoms with Gasteiger partial charge in [-0.25, -0.2) is 4.98 Å². The first-order valence-electron chi connectivity index (χ1n) is 12.8. The number of ether oxygens (including phenoxy) is 1. The number of aryl methyl sites for hydroxylation is 3. The summed E-state index contributed by atoms with van der Waals surface area (Å²) in [5.74, 6) is 1.21. The number of aliphatic carboxylic acids is 1. The number of pyridine rings is 1. The number of hydrogen-bond acceptors (Lipinski definition) is 5. The number of carboxylic acid groups (broad SMARTS) is 1. The van der Waals surface area contributed by atoms with Crippen molar-refractivity contribution < 1.29 is 14.6 Å². The lowest BCUT2D eigenvalue weighted by Crippen LogP contribution is -2.41. The third-order valence-corrected chi connectivity index (χ3v) is 7.59. The van der Waals surface area contributed by atoms with Crippen molar-refractivity contribution in [3.05, 3.63) is 54.2 Å². The van der Waals surface area contributed by atoms with Gasteiger partial charge in [-0.3, -0.25) is 9.78 Å². The highest BCUT2D eigenvalue weighted by Crippen LogP contribution is 2.32. The van der Waals surface area contributed by atoms with Crippen molar-refractivity contribution in [3.8, 4) is 5.75 Å². The number of benzene rings is 1. The molecule has 0 spiro atoms. The van der Waals surface area contributed by atoms with E-state index in [0.717, 1.165) is 81.2 Å². The van der Waals surface area contributed by atoms with Crippen LogP contribution in [0.2, 0.25) is 0 Å². The number of carboxylic acids is 1. The maximum Gasteiger partial charge on any atom is 0.303 e. The molecule has 1 aliphatic rings. The van der Waals surface area contributed by atoms with Crippen LogP contribution in [0.15, 0.2) is 43.0 Å². The molecule has 2 aromatic heterocycles. The lowest BCUT2D eigenvalue weighted by molar-refractivity contribution is -0.137. The van der Waals surface area contributed by atoms with Crippen LogP contribution in [0, 0.1) is 11.8 Å². The molecular formula is C28H38N4O3. The van der Waals surface area contributed by atoms with E-state index in [0.29, 0.717) is 11.8 Å². The molecule has 35 heavy (non-hydrogen) atoms. The fourth-order valence-electron chi connectivity index (χ4n) is 5.57. The van der Waals surface area contributed by atoms with Crippen molar-refractivity contribution in [1.29, 1.82) is 0 Å². The molecule has 0 aliphatic carbocycles. The summed E-state index contributed by atoms with van der Waals surface area (Å²) in [6, 6.07) is 8.17. The summed E-state index contributed by atoms with van der Waals surface area (Å²) in [6.45, 7) is 3.18. The average Bonchev–Trinajstić information content (AvgIpc) is 3.28. The predicted molar refractivity (Wildman–Crippen MR) is 138 cm³/mol. The molecule has 1 aromatic carbocycles. The first kappa shape index (κ1) is 25.2. The van der Waals surface area contributed by atoms with Gasteiger partial charge in [-0.1, -0.05) is 0 Å². The number of piperidine rings is 1. The molecule has 1 fully saturated rings. The topological polar surface area (TPSA) is 80.5 Å². The summed E-state index contributed by atoms with van der Waals surface area (Å²) in [5.41, 5.74) is 3.58. The van der Waals surface area contributed by atoms with E-state index >= 15 is 0 Å². The van der Waals surface area contributed by atoms with Crippen molar-refractivity contribution >= 4 is 16.9 Å². The highest BCUT2D eigenvalue weighted by atomic mass is 16.5. The Morgan fingerprint density at radius 1 is 1.17 bits per heavy atom. The highest BCUT2D eigenvalue weighted by molar-refractivity contribution is 5.83. The summed E-state index contributed by atoms with van der Waals surface area (Å²) in [7, 11) is 3.74. The van der Waals surface area contributed by atoms with Crippen LogP contribution in [-0.2, 0) is 24.7 Å². The van der Waals surface area contributed by atoms with Crippen molar-refractivity contribution in [2.75, 3.05) is 26.7 Å². The molecule has 0 radical (unpaired) electrons. The number of rotatable bonds is 12. The van der Waals surface area contributed by atoms with Crippen LogP contribution in [0.5, 0.6) is 5.75 Å². The second-order valence-electron chi connectivity index (χ2n) is 9.89. The molecule has 3 aromatic rings. The first-order chi connectivity index (χ1) is 17.0. The number of imidazole rings is 1. The molecule has 2 atom stereocenters. The maximum absolute atomic E-state index is 11.3. The number of nitrogens with zero attached hydrogens (tertiary/aromatic N) is 4. The minimum Gasteiger partial charge on any atom is -0.497 e. The SMILES string of the molecule is COc1ccc2nccc(CCC[C@@H]3CCN(CCCc4cncn4C)C[C@@H]3CCC(=O)O)c2c1. The number of carbonyl (C=O) groups is 1. The second kappa shape index (κ2) is 12.2. The smallest absolute Gasteiger partial charge is 0.303 e. The molecule has 0 unspecified atom stereocenters. The van der Waals surface area contributed by atoms with Crippen molar-refractivity contribution in [2.45, 2.75) is 51.4 Å². The number of likely N-dealkylation sites (tertiary alicyclic amines) is 1. The minimum absolute atomic E-state index is 0.263. The van der Waals surface area contributed by atoms with Crippen LogP contribution in [-0.4, -0.2) is 57.3 Å². The molecule has 0 bridgehead atoms. The zero-order chi connectivity index (χ0) is 24.6. The Labute approximate surface area is 208 Å². The Morgan fingerprint density at radius 3 is 2.83 bits per heavy atom. The maximum atomic E-state index is 11.3. The van der Waals surface area contributed by atoms with Gasteiger partial charge in [0.2, 0.25) is 0 Å². The standard InChI is InChI=1S/C28H38N4O3/c1-31-20-29-18-24(31)7-4-15-32-16-13-21(23(19-32)8-11-28(33)34)5-3-6-22-12-14-30-27-10-9-25(35-2)17-26(22)27/h9-10,12,14,17-18,20-21,23H,3-8,11,13,15-16,19H2,1-2H3,(H,33,34)/t21-,23+/m1/s1. The van der Waals surface area contributed by atoms with Gasteiger partial charge >= 0.3 is 5.97 Å². The number of hydrogen-bond donors (Lipinski definition) is 1. The van der Waals surface area contributed by atoms with E-state index in [1.54, 1.807) is 7.11 Å². The van der Waals surface area contributed by atoms with Crippen LogP contribution in [0.1, 0.15) is 49.8 Å². The molecule has 3 heterocycles. The van der Waals surface area contributed by atoms with E-state index in [1.807, 2.05) is 37.9 Å². The Hall–Kier alpha value is -2.93. The van der Waals surface area contributed by atoms with E-state index in [4.69, 9.17) is 4.74 Å². The van der Waals surface area contributed by atoms with Crippen LogP contribution in [0.3, 0.4) is 0 Å². The van der Waals surface area contributed by atoms with Gasteiger partial charge in [0.1, 0.15) is 5.75 Å². The summed E-state index contributed by atoms with van der Waals surface area (Å²) >= 11 is 0. The van der Waals surface area contributed by atoms with E-state index in [9.17, 15) is 9.90 Å². The normalized spacial score (nSPS) is 18.7. The minimum atomic E-state index is -0.686. The molecule has 188 valence electrons. The molecule has 1 aliphatic heterocycles. The Morgan fingerprint density at radius 2 is 2.06 bits per heavy atom. The van der Waals surface area contributed by atoms with Crippen LogP contribution in [0.4, 0.5) is 0 Å². The Kier molecular flexibility index (Phi) is 8.74. The van der Waals surface area contributed by atoms with Gasteiger partial charge < -0.3 is 19.3 Å². The summed E-state index contributed by atoms with van der Waals surface area (Å²) in [4.78, 5) is 22.6. The quantitative estimate of drug-likeness (QED) is 0.405. The predicted octanol–water partition coefficient (Wildman–Crippen LogP) is 4.74. The molecule has 0 amide bonds. The molecule has 1 N–H and O–H groups in total. The Bertz CT molecular complexity index is 1110. The van der Waals surface area contributed by atoms with Gasteiger partial charge in [-0.05, 0) is 99.7 Å². The molecule has 0 saturated carbocycles. The largest absolute Gasteiger partial charge is 0.497 e. The Balaban J connectivity index is 1.32. The lowest BCUT2D eigenvalue weighted by Gasteiger charge is -2.39. The fourth-order valence-corrected chi connectivity index (χ4v) is 5.57. The highest BCUT2D eigenvalue weighted by Gasteiger charge is 2.29. The van der Waals surface area contributed by atoms with Gasteiger partial charge in [0.15, 0.2) is 0 Å². The number of methoxy groups -OCH3 is 1. The third kappa shape index (κ3) is 6.82. The van der Waals surface area contributed by atoms with Gasteiger partial charge in [0.05, 0.1) is 19.0 Å². The van der Waals surface area contributed by atoms with Gasteiger partial charge in [-0.2, -0.15) is 0 Å². The monoisotopic (exact) mass is 478 g/mol. The van der Waals surface area contributed by atoms with Gasteiger partial charge in [-0.15, -0.1) is 0 Å². The van der Waals surface area contributed by atoms with Gasteiger partial charge in [0, 0.05) is 43.5 Å². The van der Waals surface area contributed by atoms with E-state index in [2.05, 4.69) is 31.6 Å². The van der Waals surface area contributed by atoms with E-state index in [-0.39, 0.29) is 6.42 Å². The molecule has 4 rings (SSSR count). The first-order valence-corrected chi connectivity index (χ1v) is 12.8. The van der Waals surface area contributed by atoms with Crippen molar-refractivity contribution in [1.82, 2.24) is 19.4 Å². The number of fused-ring (bicyclic) bond motifs is 1. The molecule has 7 heteroatoms. The average molecular weight is 479 g/mol. The van der Waals surface area contributed by atoms with Gasteiger partial charge in [0.25, 0.3) is 0 Å².